The molecular weight excluding hydrogens is 662 g/mol. The molecule has 6 rings (SSSR count). The van der Waals surface area contributed by atoms with Crippen LogP contribution in [-0.2, 0) is 39.4 Å². The van der Waals surface area contributed by atoms with E-state index in [1.54, 1.807) is 34.3 Å². The number of ketones is 1. The zero-order chi connectivity index (χ0) is 35.6. The lowest BCUT2D eigenvalue weighted by Gasteiger charge is -2.55. The molecule has 4 N–H and O–H groups in total. The molecule has 2 atom stereocenters. The van der Waals surface area contributed by atoms with Gasteiger partial charge in [0.1, 0.15) is 18.0 Å². The van der Waals surface area contributed by atoms with E-state index < -0.39 is 28.5 Å². The minimum Gasteiger partial charge on any atom is -0.371 e. The van der Waals surface area contributed by atoms with Crippen molar-refractivity contribution in [1.29, 1.82) is 0 Å². The van der Waals surface area contributed by atoms with Gasteiger partial charge < -0.3 is 24.3 Å². The van der Waals surface area contributed by atoms with Gasteiger partial charge in [0, 0.05) is 43.2 Å². The van der Waals surface area contributed by atoms with Gasteiger partial charge in [0.05, 0.1) is 18.6 Å². The summed E-state index contributed by atoms with van der Waals surface area (Å²) in [5.41, 5.74) is 3.50. The van der Waals surface area contributed by atoms with Gasteiger partial charge in [-0.3, -0.25) is 14.4 Å². The van der Waals surface area contributed by atoms with Crippen molar-refractivity contribution in [2.45, 2.75) is 38.6 Å². The zero-order valence-corrected chi connectivity index (χ0v) is 28.1. The van der Waals surface area contributed by atoms with Crippen LogP contribution in [0.3, 0.4) is 0 Å². The lowest BCUT2D eigenvalue weighted by Crippen LogP contribution is -2.76. The summed E-state index contributed by atoms with van der Waals surface area (Å²) in [5, 5.41) is 11.8. The molecule has 2 fully saturated rings. The molecule has 50 heavy (non-hydrogen) atoms. The summed E-state index contributed by atoms with van der Waals surface area (Å²) >= 11 is 0. The molecule has 15 heteroatoms. The third-order valence-electron chi connectivity index (χ3n) is 8.77. The van der Waals surface area contributed by atoms with Gasteiger partial charge >= 0.3 is 16.3 Å². The van der Waals surface area contributed by atoms with Gasteiger partial charge in [-0.2, -0.15) is 13.6 Å². The lowest BCUT2D eigenvalue weighted by molar-refractivity contribution is -0.189. The molecule has 2 aliphatic rings. The fourth-order valence-electron chi connectivity index (χ4n) is 6.58. The Balaban J connectivity index is 1.37. The first kappa shape index (κ1) is 34.4. The van der Waals surface area contributed by atoms with Crippen molar-refractivity contribution in [1.82, 2.24) is 30.1 Å². The molecule has 2 saturated heterocycles. The van der Waals surface area contributed by atoms with Crippen LogP contribution in [0, 0.1) is 0 Å². The summed E-state index contributed by atoms with van der Waals surface area (Å²) in [5.74, 6) is -0.783. The number of benzene rings is 3. The first-order chi connectivity index (χ1) is 23.9. The van der Waals surface area contributed by atoms with Gasteiger partial charge in [0.2, 0.25) is 11.8 Å². The number of rotatable bonds is 11. The van der Waals surface area contributed by atoms with Crippen LogP contribution in [0.5, 0.6) is 5.75 Å². The number of nitrogens with zero attached hydrogens (tertiary/aromatic N) is 4. The fourth-order valence-corrected chi connectivity index (χ4v) is 6.96. The molecule has 0 unspecified atom stereocenters. The van der Waals surface area contributed by atoms with Gasteiger partial charge in [-0.25, -0.2) is 14.8 Å². The average molecular weight is 700 g/mol. The number of para-hydroxylation sites is 1. The van der Waals surface area contributed by atoms with Crippen molar-refractivity contribution >= 4 is 44.8 Å². The Hall–Kier alpha value is -5.51. The maximum absolute atomic E-state index is 14.4. The SMILES string of the molecule is C=CCN1CC(=O)N2[C@@H](Cc3ccc(OS(N)(=O)=O)cc3)C(=O)N(Cc3cccc4c(C(C)=O)c[nH]c34)C[C@@H]2N1C(=O)NCc1ccccc1. The number of nitrogens with one attached hydrogen (secondary N) is 2. The molecule has 4 amide bonds. The van der Waals surface area contributed by atoms with Crippen molar-refractivity contribution < 1.29 is 31.8 Å². The number of hydrazine groups is 1. The van der Waals surface area contributed by atoms with E-state index in [1.165, 1.54) is 29.0 Å². The number of carbonyl (C=O) groups excluding carboxylic acids is 4. The molecule has 0 aliphatic carbocycles. The van der Waals surface area contributed by atoms with Gasteiger partial charge in [-0.15, -0.1) is 6.58 Å². The number of carbonyl (C=O) groups is 4. The molecule has 2 aliphatic heterocycles. The number of nitrogens with two attached hydrogens (primary N) is 1. The van der Waals surface area contributed by atoms with Crippen LogP contribution >= 0.6 is 0 Å². The Bertz CT molecular complexity index is 2050. The van der Waals surface area contributed by atoms with Crippen molar-refractivity contribution in [2.75, 3.05) is 19.6 Å². The van der Waals surface area contributed by atoms with E-state index in [0.29, 0.717) is 16.6 Å². The van der Waals surface area contributed by atoms with Crippen LogP contribution < -0.4 is 14.6 Å². The molecule has 0 radical (unpaired) electrons. The highest BCUT2D eigenvalue weighted by Crippen LogP contribution is 2.31. The van der Waals surface area contributed by atoms with Gasteiger partial charge in [-0.1, -0.05) is 66.7 Å². The van der Waals surface area contributed by atoms with Crippen molar-refractivity contribution in [3.63, 3.8) is 0 Å². The van der Waals surface area contributed by atoms with E-state index >= 15 is 0 Å². The molecule has 4 aromatic rings. The molecule has 3 aromatic carbocycles. The quantitative estimate of drug-likeness (QED) is 0.158. The van der Waals surface area contributed by atoms with Gasteiger partial charge in [-0.05, 0) is 35.7 Å². The molecule has 14 nitrogen and oxygen atoms in total. The summed E-state index contributed by atoms with van der Waals surface area (Å²) in [6.07, 6.45) is 2.44. The molecular formula is C35H37N7O7S. The Morgan fingerprint density at radius 2 is 1.78 bits per heavy atom. The highest BCUT2D eigenvalue weighted by molar-refractivity contribution is 7.84. The van der Waals surface area contributed by atoms with E-state index in [4.69, 9.17) is 9.32 Å². The number of amides is 4. The number of aromatic amines is 1. The zero-order valence-electron chi connectivity index (χ0n) is 27.3. The summed E-state index contributed by atoms with van der Waals surface area (Å²) < 4.78 is 27.6. The number of fused-ring (bicyclic) bond motifs is 2. The first-order valence-corrected chi connectivity index (χ1v) is 17.4. The normalized spacial score (nSPS) is 18.2. The highest BCUT2D eigenvalue weighted by atomic mass is 32.2. The second kappa shape index (κ2) is 14.2. The summed E-state index contributed by atoms with van der Waals surface area (Å²) in [6, 6.07) is 19.5. The van der Waals surface area contributed by atoms with Crippen LogP contribution in [0.15, 0.2) is 91.6 Å². The van der Waals surface area contributed by atoms with Crippen LogP contribution in [0.4, 0.5) is 4.79 Å². The second-order valence-electron chi connectivity index (χ2n) is 12.2. The maximum Gasteiger partial charge on any atom is 0.380 e. The molecule has 260 valence electrons. The fraction of sp³-hybridized carbons (Fsp3) is 0.257. The highest BCUT2D eigenvalue weighted by Gasteiger charge is 2.51. The third-order valence-corrected chi connectivity index (χ3v) is 9.20. The average Bonchev–Trinajstić information content (AvgIpc) is 3.52. The number of urea groups is 1. The number of aromatic nitrogens is 1. The maximum atomic E-state index is 14.4. The summed E-state index contributed by atoms with van der Waals surface area (Å²) in [6.45, 7) is 5.73. The largest absolute Gasteiger partial charge is 0.380 e. The molecule has 0 bridgehead atoms. The predicted molar refractivity (Wildman–Crippen MR) is 184 cm³/mol. The van der Waals surface area contributed by atoms with Crippen molar-refractivity contribution in [3.8, 4) is 5.75 Å². The van der Waals surface area contributed by atoms with E-state index in [9.17, 15) is 27.6 Å². The molecule has 0 saturated carbocycles. The van der Waals surface area contributed by atoms with E-state index in [0.717, 1.165) is 16.5 Å². The Morgan fingerprint density at radius 1 is 1.04 bits per heavy atom. The Morgan fingerprint density at radius 3 is 2.46 bits per heavy atom. The third kappa shape index (κ3) is 7.24. The minimum atomic E-state index is -4.24. The minimum absolute atomic E-state index is 0.00523. The monoisotopic (exact) mass is 699 g/mol. The van der Waals surface area contributed by atoms with Gasteiger partial charge in [0.25, 0.3) is 0 Å². The van der Waals surface area contributed by atoms with E-state index in [2.05, 4.69) is 16.9 Å². The molecule has 3 heterocycles. The lowest BCUT2D eigenvalue weighted by atomic mass is 9.98. The van der Waals surface area contributed by atoms with Crippen LogP contribution in [0.1, 0.15) is 34.0 Å². The number of Topliss-reactive ketones (excluding diaryl/α,β-unsaturated/α-hetero) is 1. The van der Waals surface area contributed by atoms with Gasteiger partial charge in [0.15, 0.2) is 5.78 Å². The second-order valence-corrected chi connectivity index (χ2v) is 13.3. The Labute approximate surface area is 289 Å². The van der Waals surface area contributed by atoms with Crippen LogP contribution in [0.25, 0.3) is 10.9 Å². The smallest absolute Gasteiger partial charge is 0.371 e. The van der Waals surface area contributed by atoms with Crippen molar-refractivity contribution in [2.24, 2.45) is 5.14 Å². The predicted octanol–water partition coefficient (Wildman–Crippen LogP) is 2.69. The summed E-state index contributed by atoms with van der Waals surface area (Å²) in [4.78, 5) is 60.9. The molecule has 0 spiro atoms. The van der Waals surface area contributed by atoms with Crippen LogP contribution in [0.2, 0.25) is 0 Å². The summed E-state index contributed by atoms with van der Waals surface area (Å²) in [7, 11) is -4.24. The molecule has 1 aromatic heterocycles. The number of H-pyrrole nitrogens is 1. The number of hydrogen-bond acceptors (Lipinski definition) is 8. The number of hydrogen-bond donors (Lipinski definition) is 3. The topological polar surface area (TPSA) is 178 Å². The number of piperazine rings is 1. The standard InChI is InChI=1S/C35H37N7O7S/c1-3-16-40-22-32(44)41-30(17-24-12-14-27(15-13-24)49-50(36,47)48)34(45)39(20-26-10-7-11-28-29(23(2)43)19-37-33(26)28)21-31(41)42(40)35(46)38-18-25-8-5-4-6-9-25/h3-15,19,30-31,37H,1,16-18,20-22H2,2H3,(H,38,46)(H2,36,47,48)/t30-,31-/m0/s1. The Kier molecular flexibility index (Phi) is 9.72. The van der Waals surface area contributed by atoms with E-state index in [1.807, 2.05) is 48.5 Å². The van der Waals surface area contributed by atoms with E-state index in [-0.39, 0.29) is 62.5 Å². The van der Waals surface area contributed by atoms with Crippen LogP contribution in [-0.4, -0.2) is 88.7 Å². The van der Waals surface area contributed by atoms with Crippen molar-refractivity contribution in [3.05, 3.63) is 114 Å². The first-order valence-electron chi connectivity index (χ1n) is 15.9.